The molecule has 0 aromatic rings. The standard InChI is InChI=1S/C22H37NOS/c1-10-22(25,11-2)14-21(8,9)18(7)17(6)19(20(23)24)13-12-16(5)15(3)4/h12-13,18,25H,3,6,10-11,14H2,1-2,4-5,7-9H3,(H2,23,24)/b16-12-,19-13+. The molecule has 1 amide bonds. The SMILES string of the molecule is C=C(C)/C(C)=C\C=C(/C(=C)C(C)C(C)(C)CC(S)(CC)CC)C(N)=O. The lowest BCUT2D eigenvalue weighted by molar-refractivity contribution is -0.114. The molecule has 0 bridgehead atoms. The first-order valence-electron chi connectivity index (χ1n) is 9.07. The highest BCUT2D eigenvalue weighted by Gasteiger charge is 2.36. The Morgan fingerprint density at radius 1 is 1.16 bits per heavy atom. The van der Waals surface area contributed by atoms with Crippen LogP contribution in [0.1, 0.15) is 67.7 Å². The van der Waals surface area contributed by atoms with Gasteiger partial charge in [0.05, 0.1) is 0 Å². The van der Waals surface area contributed by atoms with Crippen molar-refractivity contribution in [3.8, 4) is 0 Å². The van der Waals surface area contributed by atoms with Crippen LogP contribution in [0, 0.1) is 11.3 Å². The molecule has 0 saturated carbocycles. The Morgan fingerprint density at radius 3 is 2.00 bits per heavy atom. The number of rotatable bonds is 10. The molecule has 0 saturated heterocycles. The molecule has 0 aliphatic heterocycles. The summed E-state index contributed by atoms with van der Waals surface area (Å²) in [6.45, 7) is 22.9. The summed E-state index contributed by atoms with van der Waals surface area (Å²) in [5.74, 6) is -0.337. The molecule has 0 fully saturated rings. The Bertz CT molecular complexity index is 577. The molecular formula is C22H37NOS. The number of primary amides is 1. The maximum Gasteiger partial charge on any atom is 0.248 e. The van der Waals surface area contributed by atoms with Crippen LogP contribution in [0.15, 0.2) is 47.6 Å². The minimum atomic E-state index is -0.443. The highest BCUT2D eigenvalue weighted by atomic mass is 32.1. The van der Waals surface area contributed by atoms with Gasteiger partial charge in [-0.25, -0.2) is 0 Å². The lowest BCUT2D eigenvalue weighted by atomic mass is 9.68. The van der Waals surface area contributed by atoms with Crippen LogP contribution in [0.4, 0.5) is 0 Å². The zero-order valence-corrected chi connectivity index (χ0v) is 18.1. The van der Waals surface area contributed by atoms with Crippen molar-refractivity contribution in [2.45, 2.75) is 72.5 Å². The second kappa shape index (κ2) is 9.47. The largest absolute Gasteiger partial charge is 0.366 e. The monoisotopic (exact) mass is 363 g/mol. The molecule has 1 atom stereocenters. The maximum absolute atomic E-state index is 12.0. The van der Waals surface area contributed by atoms with E-state index in [0.29, 0.717) is 5.57 Å². The van der Waals surface area contributed by atoms with Crippen LogP contribution < -0.4 is 5.73 Å². The second-order valence-electron chi connectivity index (χ2n) is 7.92. The Hall–Kier alpha value is -1.22. The lowest BCUT2D eigenvalue weighted by Gasteiger charge is -2.40. The zero-order chi connectivity index (χ0) is 20.0. The smallest absolute Gasteiger partial charge is 0.248 e. The zero-order valence-electron chi connectivity index (χ0n) is 17.2. The van der Waals surface area contributed by atoms with E-state index >= 15 is 0 Å². The van der Waals surface area contributed by atoms with Gasteiger partial charge in [-0.15, -0.1) is 0 Å². The van der Waals surface area contributed by atoms with E-state index in [9.17, 15) is 4.79 Å². The number of amides is 1. The number of carbonyl (C=O) groups excluding carboxylic acids is 1. The fraction of sp³-hybridized carbons (Fsp3) is 0.591. The summed E-state index contributed by atoms with van der Waals surface area (Å²) in [5.41, 5.74) is 8.83. The van der Waals surface area contributed by atoms with E-state index in [2.05, 4.69) is 47.8 Å². The Balaban J connectivity index is 5.65. The predicted molar refractivity (Wildman–Crippen MR) is 115 cm³/mol. The first-order valence-corrected chi connectivity index (χ1v) is 9.51. The molecule has 3 heteroatoms. The summed E-state index contributed by atoms with van der Waals surface area (Å²) >= 11 is 4.90. The van der Waals surface area contributed by atoms with Gasteiger partial charge in [-0.05, 0) is 61.7 Å². The van der Waals surface area contributed by atoms with E-state index in [-0.39, 0.29) is 16.1 Å². The summed E-state index contributed by atoms with van der Waals surface area (Å²) in [4.78, 5) is 12.0. The summed E-state index contributed by atoms with van der Waals surface area (Å²) in [6.07, 6.45) is 6.62. The molecule has 0 radical (unpaired) electrons. The van der Waals surface area contributed by atoms with Gasteiger partial charge in [-0.2, -0.15) is 12.6 Å². The lowest BCUT2D eigenvalue weighted by Crippen LogP contribution is -2.34. The summed E-state index contributed by atoms with van der Waals surface area (Å²) in [6, 6.07) is 0. The third-order valence-electron chi connectivity index (χ3n) is 5.58. The Labute approximate surface area is 160 Å². The van der Waals surface area contributed by atoms with Crippen LogP contribution in [0.5, 0.6) is 0 Å². The van der Waals surface area contributed by atoms with Gasteiger partial charge in [0.2, 0.25) is 5.91 Å². The fourth-order valence-electron chi connectivity index (χ4n) is 2.90. The molecule has 0 rings (SSSR count). The highest BCUT2D eigenvalue weighted by Crippen LogP contribution is 2.44. The molecule has 0 heterocycles. The molecule has 2 nitrogen and oxygen atoms in total. The topological polar surface area (TPSA) is 43.1 Å². The van der Waals surface area contributed by atoms with Crippen LogP contribution in [0.2, 0.25) is 0 Å². The van der Waals surface area contributed by atoms with Crippen molar-refractivity contribution in [2.24, 2.45) is 17.1 Å². The first-order chi connectivity index (χ1) is 11.3. The third-order valence-corrected chi connectivity index (χ3v) is 6.37. The fourth-order valence-corrected chi connectivity index (χ4v) is 3.31. The van der Waals surface area contributed by atoms with Crippen LogP contribution in [0.25, 0.3) is 0 Å². The number of carbonyl (C=O) groups is 1. The minimum Gasteiger partial charge on any atom is -0.366 e. The molecule has 0 aliphatic rings. The Kier molecular flexibility index (Phi) is 9.01. The van der Waals surface area contributed by atoms with Crippen molar-refractivity contribution < 1.29 is 4.79 Å². The van der Waals surface area contributed by atoms with Crippen LogP contribution in [0.3, 0.4) is 0 Å². The van der Waals surface area contributed by atoms with E-state index in [1.807, 2.05) is 19.9 Å². The molecule has 2 N–H and O–H groups in total. The van der Waals surface area contributed by atoms with Crippen molar-refractivity contribution in [3.05, 3.63) is 47.6 Å². The quantitative estimate of drug-likeness (QED) is 0.278. The van der Waals surface area contributed by atoms with E-state index in [4.69, 9.17) is 18.4 Å². The number of allylic oxidation sites excluding steroid dienone is 4. The number of thiol groups is 1. The number of nitrogens with two attached hydrogens (primary N) is 1. The van der Waals surface area contributed by atoms with Gasteiger partial charge < -0.3 is 5.73 Å². The van der Waals surface area contributed by atoms with Gasteiger partial charge in [-0.1, -0.05) is 59.4 Å². The van der Waals surface area contributed by atoms with Gasteiger partial charge in [0, 0.05) is 10.3 Å². The van der Waals surface area contributed by atoms with Gasteiger partial charge in [0.15, 0.2) is 0 Å². The van der Waals surface area contributed by atoms with E-state index in [0.717, 1.165) is 36.0 Å². The van der Waals surface area contributed by atoms with Gasteiger partial charge >= 0.3 is 0 Å². The molecule has 1 unspecified atom stereocenters. The maximum atomic E-state index is 12.0. The van der Waals surface area contributed by atoms with Crippen molar-refractivity contribution in [3.63, 3.8) is 0 Å². The van der Waals surface area contributed by atoms with Crippen LogP contribution in [-0.2, 0) is 4.79 Å². The van der Waals surface area contributed by atoms with Gasteiger partial charge in [0.1, 0.15) is 0 Å². The minimum absolute atomic E-state index is 0.00885. The Morgan fingerprint density at radius 2 is 1.64 bits per heavy atom. The normalized spacial score (nSPS) is 15.0. The number of hydrogen-bond donors (Lipinski definition) is 2. The van der Waals surface area contributed by atoms with Crippen molar-refractivity contribution in [2.75, 3.05) is 0 Å². The van der Waals surface area contributed by atoms with E-state index in [1.54, 1.807) is 6.08 Å². The molecular weight excluding hydrogens is 326 g/mol. The molecule has 0 aliphatic carbocycles. The van der Waals surface area contributed by atoms with Crippen molar-refractivity contribution in [1.29, 1.82) is 0 Å². The predicted octanol–water partition coefficient (Wildman–Crippen LogP) is 6.02. The summed E-state index contributed by atoms with van der Waals surface area (Å²) < 4.78 is -0.00885. The molecule has 0 aromatic heterocycles. The van der Waals surface area contributed by atoms with E-state index in [1.165, 1.54) is 0 Å². The molecule has 25 heavy (non-hydrogen) atoms. The molecule has 142 valence electrons. The highest BCUT2D eigenvalue weighted by molar-refractivity contribution is 7.81. The van der Waals surface area contributed by atoms with Crippen LogP contribution in [-0.4, -0.2) is 10.7 Å². The van der Waals surface area contributed by atoms with Gasteiger partial charge in [0.25, 0.3) is 0 Å². The molecule has 0 spiro atoms. The van der Waals surface area contributed by atoms with Crippen molar-refractivity contribution >= 4 is 18.5 Å². The summed E-state index contributed by atoms with van der Waals surface area (Å²) in [5, 5.41) is 0. The molecule has 0 aromatic carbocycles. The average molecular weight is 364 g/mol. The average Bonchev–Trinajstić information content (AvgIpc) is 2.52. The van der Waals surface area contributed by atoms with Crippen molar-refractivity contribution in [1.82, 2.24) is 0 Å². The van der Waals surface area contributed by atoms with Crippen LogP contribution >= 0.6 is 12.6 Å². The van der Waals surface area contributed by atoms with Gasteiger partial charge in [-0.3, -0.25) is 4.79 Å². The second-order valence-corrected chi connectivity index (χ2v) is 8.87. The van der Waals surface area contributed by atoms with E-state index < -0.39 is 5.91 Å². The third kappa shape index (κ3) is 6.89. The first kappa shape index (κ1) is 23.8. The number of hydrogen-bond acceptors (Lipinski definition) is 2. The summed E-state index contributed by atoms with van der Waals surface area (Å²) in [7, 11) is 0.